The van der Waals surface area contributed by atoms with Gasteiger partial charge in [-0.3, -0.25) is 0 Å². The van der Waals surface area contributed by atoms with E-state index in [4.69, 9.17) is 4.74 Å². The van der Waals surface area contributed by atoms with Crippen molar-refractivity contribution in [2.24, 2.45) is 5.92 Å². The summed E-state index contributed by atoms with van der Waals surface area (Å²) in [6.07, 6.45) is 1.16. The Kier molecular flexibility index (Phi) is 3.21. The van der Waals surface area contributed by atoms with E-state index in [-0.39, 0.29) is 0 Å². The molecular weight excluding hydrogens is 188 g/mol. The van der Waals surface area contributed by atoms with Gasteiger partial charge < -0.3 is 10.1 Å². The quantitative estimate of drug-likeness (QED) is 0.822. The fourth-order valence-electron chi connectivity index (χ4n) is 1.93. The van der Waals surface area contributed by atoms with Gasteiger partial charge in [0.25, 0.3) is 0 Å². The first-order chi connectivity index (χ1) is 7.24. The van der Waals surface area contributed by atoms with Crippen molar-refractivity contribution in [1.82, 2.24) is 4.98 Å². The maximum Gasteiger partial charge on any atom is 0.126 e. The molecule has 1 saturated heterocycles. The average molecular weight is 206 g/mol. The lowest BCUT2D eigenvalue weighted by Gasteiger charge is -2.11. The number of hydrogen-bond acceptors (Lipinski definition) is 3. The number of rotatable bonds is 3. The summed E-state index contributed by atoms with van der Waals surface area (Å²) < 4.78 is 5.33. The minimum Gasteiger partial charge on any atom is -0.381 e. The first-order valence-corrected chi connectivity index (χ1v) is 5.51. The molecule has 1 aliphatic heterocycles. The van der Waals surface area contributed by atoms with Crippen molar-refractivity contribution in [1.29, 1.82) is 0 Å². The summed E-state index contributed by atoms with van der Waals surface area (Å²) in [4.78, 5) is 4.44. The molecule has 0 amide bonds. The minimum atomic E-state index is 0.646. The molecule has 1 aromatic heterocycles. The van der Waals surface area contributed by atoms with E-state index in [0.717, 1.165) is 37.7 Å². The summed E-state index contributed by atoms with van der Waals surface area (Å²) in [5.41, 5.74) is 2.33. The number of nitrogens with zero attached hydrogens (tertiary/aromatic N) is 1. The number of aromatic nitrogens is 1. The molecule has 0 bridgehead atoms. The molecule has 1 aromatic rings. The van der Waals surface area contributed by atoms with E-state index in [1.54, 1.807) is 0 Å². The zero-order chi connectivity index (χ0) is 10.7. The molecule has 82 valence electrons. The van der Waals surface area contributed by atoms with Gasteiger partial charge in [-0.05, 0) is 38.0 Å². The molecule has 1 atom stereocenters. The predicted molar refractivity (Wildman–Crippen MR) is 61.1 cm³/mol. The van der Waals surface area contributed by atoms with Gasteiger partial charge in [0.05, 0.1) is 6.61 Å². The van der Waals surface area contributed by atoms with Gasteiger partial charge in [0.2, 0.25) is 0 Å². The van der Waals surface area contributed by atoms with E-state index in [0.29, 0.717) is 5.92 Å². The minimum absolute atomic E-state index is 0.646. The van der Waals surface area contributed by atoms with Crippen LogP contribution in [0, 0.1) is 19.8 Å². The lowest BCUT2D eigenvalue weighted by Crippen LogP contribution is -2.15. The third-order valence-electron chi connectivity index (χ3n) is 2.69. The van der Waals surface area contributed by atoms with Gasteiger partial charge in [0.1, 0.15) is 5.82 Å². The van der Waals surface area contributed by atoms with Crippen LogP contribution in [0.5, 0.6) is 0 Å². The summed E-state index contributed by atoms with van der Waals surface area (Å²) in [5.74, 6) is 1.63. The third-order valence-corrected chi connectivity index (χ3v) is 2.69. The first-order valence-electron chi connectivity index (χ1n) is 5.51. The Balaban J connectivity index is 1.92. The van der Waals surface area contributed by atoms with Crippen LogP contribution in [0.2, 0.25) is 0 Å². The van der Waals surface area contributed by atoms with Crippen molar-refractivity contribution in [2.45, 2.75) is 20.3 Å². The topological polar surface area (TPSA) is 34.2 Å². The average Bonchev–Trinajstić information content (AvgIpc) is 2.65. The van der Waals surface area contributed by atoms with Gasteiger partial charge in [0.15, 0.2) is 0 Å². The number of anilines is 1. The molecule has 1 fully saturated rings. The highest BCUT2D eigenvalue weighted by atomic mass is 16.5. The third kappa shape index (κ3) is 2.93. The highest BCUT2D eigenvalue weighted by Gasteiger charge is 2.15. The summed E-state index contributed by atoms with van der Waals surface area (Å²) in [6, 6.07) is 4.17. The molecule has 2 rings (SSSR count). The Hall–Kier alpha value is -1.09. The largest absolute Gasteiger partial charge is 0.381 e. The van der Waals surface area contributed by atoms with Gasteiger partial charge in [0, 0.05) is 24.8 Å². The van der Waals surface area contributed by atoms with Gasteiger partial charge >= 0.3 is 0 Å². The molecule has 1 aliphatic rings. The normalized spacial score (nSPS) is 20.5. The van der Waals surface area contributed by atoms with Crippen LogP contribution >= 0.6 is 0 Å². The molecule has 1 unspecified atom stereocenters. The summed E-state index contributed by atoms with van der Waals surface area (Å²) in [7, 11) is 0. The molecule has 3 nitrogen and oxygen atoms in total. The van der Waals surface area contributed by atoms with E-state index < -0.39 is 0 Å². The number of ether oxygens (including phenoxy) is 1. The van der Waals surface area contributed by atoms with Gasteiger partial charge in [-0.2, -0.15) is 0 Å². The van der Waals surface area contributed by atoms with Crippen molar-refractivity contribution in [3.05, 3.63) is 23.4 Å². The van der Waals surface area contributed by atoms with Crippen LogP contribution in [-0.4, -0.2) is 24.7 Å². The molecule has 3 heteroatoms. The molecule has 0 radical (unpaired) electrons. The van der Waals surface area contributed by atoms with Crippen LogP contribution in [0.4, 0.5) is 5.82 Å². The SMILES string of the molecule is Cc1cc(C)nc(NCC2CCOC2)c1. The number of pyridine rings is 1. The fraction of sp³-hybridized carbons (Fsp3) is 0.583. The first kappa shape index (κ1) is 10.4. The Labute approximate surface area is 90.9 Å². The number of nitrogens with one attached hydrogen (secondary N) is 1. The van der Waals surface area contributed by atoms with Gasteiger partial charge in [-0.15, -0.1) is 0 Å². The second kappa shape index (κ2) is 4.62. The Bertz CT molecular complexity index is 312. The standard InChI is InChI=1S/C12H18N2O/c1-9-5-10(2)14-12(6-9)13-7-11-3-4-15-8-11/h5-6,11H,3-4,7-8H2,1-2H3,(H,13,14). The Morgan fingerprint density at radius 1 is 1.47 bits per heavy atom. The van der Waals surface area contributed by atoms with Crippen molar-refractivity contribution in [3.63, 3.8) is 0 Å². The Morgan fingerprint density at radius 2 is 2.33 bits per heavy atom. The van der Waals surface area contributed by atoms with E-state index in [1.165, 1.54) is 5.56 Å². The molecular formula is C12H18N2O. The van der Waals surface area contributed by atoms with Crippen LogP contribution in [0.25, 0.3) is 0 Å². The van der Waals surface area contributed by atoms with E-state index >= 15 is 0 Å². The lowest BCUT2D eigenvalue weighted by molar-refractivity contribution is 0.187. The second-order valence-corrected chi connectivity index (χ2v) is 4.28. The number of aryl methyl sites for hydroxylation is 2. The fourth-order valence-corrected chi connectivity index (χ4v) is 1.93. The molecule has 0 aromatic carbocycles. The predicted octanol–water partition coefficient (Wildman–Crippen LogP) is 2.15. The summed E-state index contributed by atoms with van der Waals surface area (Å²) in [5, 5.41) is 3.38. The maximum atomic E-state index is 5.33. The van der Waals surface area contributed by atoms with E-state index in [1.807, 2.05) is 6.92 Å². The molecule has 15 heavy (non-hydrogen) atoms. The maximum absolute atomic E-state index is 5.33. The molecule has 0 aliphatic carbocycles. The zero-order valence-corrected chi connectivity index (χ0v) is 9.42. The monoisotopic (exact) mass is 206 g/mol. The van der Waals surface area contributed by atoms with Crippen LogP contribution in [0.1, 0.15) is 17.7 Å². The zero-order valence-electron chi connectivity index (χ0n) is 9.42. The van der Waals surface area contributed by atoms with Crippen molar-refractivity contribution >= 4 is 5.82 Å². The second-order valence-electron chi connectivity index (χ2n) is 4.28. The van der Waals surface area contributed by atoms with Crippen molar-refractivity contribution in [2.75, 3.05) is 25.1 Å². The smallest absolute Gasteiger partial charge is 0.126 e. The Morgan fingerprint density at radius 3 is 3.00 bits per heavy atom. The lowest BCUT2D eigenvalue weighted by atomic mass is 10.1. The molecule has 0 saturated carbocycles. The molecule has 0 spiro atoms. The van der Waals surface area contributed by atoms with Crippen LogP contribution in [0.3, 0.4) is 0 Å². The van der Waals surface area contributed by atoms with E-state index in [2.05, 4.69) is 29.4 Å². The van der Waals surface area contributed by atoms with Crippen LogP contribution < -0.4 is 5.32 Å². The van der Waals surface area contributed by atoms with Crippen LogP contribution in [-0.2, 0) is 4.74 Å². The molecule has 2 heterocycles. The van der Waals surface area contributed by atoms with Gasteiger partial charge in [-0.25, -0.2) is 4.98 Å². The van der Waals surface area contributed by atoms with Gasteiger partial charge in [-0.1, -0.05) is 0 Å². The number of hydrogen-bond donors (Lipinski definition) is 1. The molecule has 1 N–H and O–H groups in total. The highest BCUT2D eigenvalue weighted by molar-refractivity contribution is 5.39. The highest BCUT2D eigenvalue weighted by Crippen LogP contribution is 2.14. The van der Waals surface area contributed by atoms with Crippen LogP contribution in [0.15, 0.2) is 12.1 Å². The van der Waals surface area contributed by atoms with Crippen molar-refractivity contribution in [3.8, 4) is 0 Å². The summed E-state index contributed by atoms with van der Waals surface area (Å²) in [6.45, 7) is 6.88. The van der Waals surface area contributed by atoms with Crippen molar-refractivity contribution < 1.29 is 4.74 Å². The summed E-state index contributed by atoms with van der Waals surface area (Å²) >= 11 is 0. The van der Waals surface area contributed by atoms with E-state index in [9.17, 15) is 0 Å².